The minimum Gasteiger partial charge on any atom is -0.456 e. The Balaban J connectivity index is 1.11. The topological polar surface area (TPSA) is 73.7 Å². The van der Waals surface area contributed by atoms with Gasteiger partial charge in [-0.25, -0.2) is 4.99 Å². The number of rotatable bonds is 6. The maximum Gasteiger partial charge on any atom is 0.157 e. The molecule has 0 amide bonds. The first kappa shape index (κ1) is 32.7. The van der Waals surface area contributed by atoms with Crippen LogP contribution >= 0.6 is 0 Å². The van der Waals surface area contributed by atoms with Crippen LogP contribution < -0.4 is 5.73 Å². The lowest BCUT2D eigenvalue weighted by molar-refractivity contribution is 0.669. The van der Waals surface area contributed by atoms with Crippen molar-refractivity contribution in [1.82, 2.24) is 9.13 Å². The van der Waals surface area contributed by atoms with Crippen molar-refractivity contribution in [2.75, 3.05) is 0 Å². The molecule has 0 atom stereocenters. The van der Waals surface area contributed by atoms with E-state index in [0.717, 1.165) is 66.6 Å². The second kappa shape index (κ2) is 13.3. The van der Waals surface area contributed by atoms with Crippen LogP contribution in [0, 0.1) is 0 Å². The molecule has 57 heavy (non-hydrogen) atoms. The predicted octanol–water partition coefficient (Wildman–Crippen LogP) is 12.1. The summed E-state index contributed by atoms with van der Waals surface area (Å²) >= 11 is 0. The largest absolute Gasteiger partial charge is 0.456 e. The monoisotopic (exact) mass is 733 g/mol. The Morgan fingerprint density at radius 2 is 0.982 bits per heavy atom. The van der Waals surface area contributed by atoms with Gasteiger partial charge in [0.15, 0.2) is 5.84 Å². The number of hydrogen-bond acceptors (Lipinski definition) is 2. The molecule has 0 aliphatic carbocycles. The minimum absolute atomic E-state index is 0.431. The summed E-state index contributed by atoms with van der Waals surface area (Å²) in [7, 11) is 0. The van der Waals surface area contributed by atoms with Gasteiger partial charge < -0.3 is 19.3 Å². The van der Waals surface area contributed by atoms with Crippen LogP contribution in [0.1, 0.15) is 16.7 Å². The number of para-hydroxylation sites is 3. The highest BCUT2D eigenvalue weighted by atomic mass is 16.3. The zero-order valence-corrected chi connectivity index (χ0v) is 30.9. The second-order valence-corrected chi connectivity index (χ2v) is 14.3. The van der Waals surface area contributed by atoms with E-state index in [0.29, 0.717) is 18.2 Å². The van der Waals surface area contributed by atoms with Crippen LogP contribution in [0.4, 0.5) is 0 Å². The number of nitrogens with zero attached hydrogens (tertiary/aromatic N) is 4. The van der Waals surface area contributed by atoms with Gasteiger partial charge in [0.2, 0.25) is 0 Å². The summed E-state index contributed by atoms with van der Waals surface area (Å²) in [5.41, 5.74) is 17.9. The molecule has 0 saturated carbocycles. The SMILES string of the molecule is NC(=NC(=NCc1ccc(-n2c3ccc4oc5ccccc5c4c3c3c4c5ccccc5n(-c5ccccc5)c4ccc32)cc1)c1ccccc1)c1ccccc1. The molecule has 11 rings (SSSR count). The maximum atomic E-state index is 6.50. The van der Waals surface area contributed by atoms with Crippen LogP contribution in [0.15, 0.2) is 202 Å². The molecule has 0 fully saturated rings. The molecule has 6 heteroatoms. The van der Waals surface area contributed by atoms with E-state index in [2.05, 4.69) is 130 Å². The van der Waals surface area contributed by atoms with Crippen molar-refractivity contribution in [2.24, 2.45) is 15.7 Å². The zero-order valence-electron chi connectivity index (χ0n) is 30.9. The molecule has 0 aliphatic rings. The third-order valence-electron chi connectivity index (χ3n) is 11.0. The highest BCUT2D eigenvalue weighted by Gasteiger charge is 2.23. The molecular formula is C51H35N5O. The molecular weight excluding hydrogens is 699 g/mol. The quantitative estimate of drug-likeness (QED) is 0.136. The van der Waals surface area contributed by atoms with E-state index in [1.165, 1.54) is 27.1 Å². The Labute approximate surface area is 328 Å². The molecule has 270 valence electrons. The number of nitrogens with two attached hydrogens (primary N) is 1. The summed E-state index contributed by atoms with van der Waals surface area (Å²) in [6, 6.07) is 65.2. The van der Waals surface area contributed by atoms with Crippen molar-refractivity contribution in [1.29, 1.82) is 0 Å². The lowest BCUT2D eigenvalue weighted by Crippen LogP contribution is -2.16. The first-order valence-electron chi connectivity index (χ1n) is 19.2. The summed E-state index contributed by atoms with van der Waals surface area (Å²) in [4.78, 5) is 9.80. The van der Waals surface area contributed by atoms with Gasteiger partial charge >= 0.3 is 0 Å². The van der Waals surface area contributed by atoms with Gasteiger partial charge in [0.1, 0.15) is 17.0 Å². The molecule has 0 saturated heterocycles. The van der Waals surface area contributed by atoms with Gasteiger partial charge in [0, 0.05) is 54.8 Å². The molecule has 3 aromatic heterocycles. The smallest absolute Gasteiger partial charge is 0.157 e. The highest BCUT2D eigenvalue weighted by Crippen LogP contribution is 2.46. The van der Waals surface area contributed by atoms with Gasteiger partial charge in [0.25, 0.3) is 0 Å². The normalized spacial score (nSPS) is 12.6. The van der Waals surface area contributed by atoms with Gasteiger partial charge in [-0.05, 0) is 66.2 Å². The minimum atomic E-state index is 0.431. The highest BCUT2D eigenvalue weighted by molar-refractivity contribution is 6.35. The molecule has 11 aromatic rings. The number of benzene rings is 8. The first-order valence-corrected chi connectivity index (χ1v) is 19.2. The van der Waals surface area contributed by atoms with Gasteiger partial charge in [0.05, 0.1) is 28.6 Å². The Kier molecular flexibility index (Phi) is 7.60. The number of amidine groups is 2. The fraction of sp³-hybridized carbons (Fsp3) is 0.0196. The van der Waals surface area contributed by atoms with E-state index in [1.807, 2.05) is 66.7 Å². The fourth-order valence-electron chi connectivity index (χ4n) is 8.48. The Morgan fingerprint density at radius 1 is 0.439 bits per heavy atom. The zero-order chi connectivity index (χ0) is 37.9. The van der Waals surface area contributed by atoms with Crippen molar-refractivity contribution >= 4 is 77.2 Å². The molecule has 0 radical (unpaired) electrons. The van der Waals surface area contributed by atoms with E-state index < -0.39 is 0 Å². The lowest BCUT2D eigenvalue weighted by atomic mass is 10.0. The van der Waals surface area contributed by atoms with Crippen LogP contribution in [0.2, 0.25) is 0 Å². The molecule has 3 heterocycles. The van der Waals surface area contributed by atoms with Crippen molar-refractivity contribution < 1.29 is 4.42 Å². The number of fused-ring (bicyclic) bond motifs is 11. The molecule has 6 nitrogen and oxygen atoms in total. The van der Waals surface area contributed by atoms with Crippen molar-refractivity contribution in [3.8, 4) is 11.4 Å². The predicted molar refractivity (Wildman–Crippen MR) is 236 cm³/mol. The molecule has 2 N–H and O–H groups in total. The number of furan rings is 1. The summed E-state index contributed by atoms with van der Waals surface area (Å²) in [6.45, 7) is 0.449. The fourth-order valence-corrected chi connectivity index (χ4v) is 8.48. The van der Waals surface area contributed by atoms with E-state index in [4.69, 9.17) is 20.1 Å². The molecule has 0 bridgehead atoms. The average Bonchev–Trinajstić information content (AvgIpc) is 3.93. The van der Waals surface area contributed by atoms with E-state index in [1.54, 1.807) is 0 Å². The van der Waals surface area contributed by atoms with E-state index >= 15 is 0 Å². The average molecular weight is 734 g/mol. The van der Waals surface area contributed by atoms with Crippen LogP contribution in [-0.2, 0) is 6.54 Å². The summed E-state index contributed by atoms with van der Waals surface area (Å²) < 4.78 is 11.3. The van der Waals surface area contributed by atoms with Gasteiger partial charge in [-0.3, -0.25) is 4.99 Å². The van der Waals surface area contributed by atoms with Crippen LogP contribution in [0.3, 0.4) is 0 Å². The molecule has 0 spiro atoms. The maximum absolute atomic E-state index is 6.50. The van der Waals surface area contributed by atoms with Gasteiger partial charge in [-0.2, -0.15) is 0 Å². The first-order chi connectivity index (χ1) is 28.2. The summed E-state index contributed by atoms with van der Waals surface area (Å²) in [5, 5.41) is 7.07. The van der Waals surface area contributed by atoms with E-state index in [9.17, 15) is 0 Å². The van der Waals surface area contributed by atoms with Crippen molar-refractivity contribution in [3.63, 3.8) is 0 Å². The second-order valence-electron chi connectivity index (χ2n) is 14.3. The summed E-state index contributed by atoms with van der Waals surface area (Å²) in [6.07, 6.45) is 0. The Bertz CT molecular complexity index is 3350. The van der Waals surface area contributed by atoms with E-state index in [-0.39, 0.29) is 0 Å². The molecule has 8 aromatic carbocycles. The van der Waals surface area contributed by atoms with Crippen molar-refractivity contribution in [2.45, 2.75) is 6.54 Å². The van der Waals surface area contributed by atoms with Crippen LogP contribution in [-0.4, -0.2) is 20.8 Å². The van der Waals surface area contributed by atoms with Gasteiger partial charge in [-0.15, -0.1) is 0 Å². The molecule has 0 unspecified atom stereocenters. The third kappa shape index (κ3) is 5.34. The Morgan fingerprint density at radius 3 is 1.72 bits per heavy atom. The third-order valence-corrected chi connectivity index (χ3v) is 11.0. The number of aliphatic imine (C=N–C) groups is 2. The number of aromatic nitrogens is 2. The molecule has 0 aliphatic heterocycles. The lowest BCUT2D eigenvalue weighted by Gasteiger charge is -2.10. The van der Waals surface area contributed by atoms with Crippen molar-refractivity contribution in [3.05, 3.63) is 205 Å². The Hall–Kier alpha value is -7.70. The summed E-state index contributed by atoms with van der Waals surface area (Å²) in [5.74, 6) is 1.03. The van der Waals surface area contributed by atoms with Crippen LogP contribution in [0.25, 0.3) is 76.9 Å². The number of hydrogen-bond donors (Lipinski definition) is 1. The standard InChI is InChI=1S/C51H35N5O/c52-50(34-14-4-1-5-15-34)54-51(35-16-6-2-7-17-35)53-32-33-24-26-37(27-25-33)56-42-29-28-41-46(38-20-10-12-22-40(38)55(41)36-18-8-3-9-19-36)48(42)49-43(56)30-31-45-47(49)39-21-11-13-23-44(39)57-45/h1-31H,32H2,(H2,52,53,54). The van der Waals surface area contributed by atoms with Gasteiger partial charge in [-0.1, -0.05) is 127 Å². The van der Waals surface area contributed by atoms with Crippen LogP contribution in [0.5, 0.6) is 0 Å².